The summed E-state index contributed by atoms with van der Waals surface area (Å²) in [7, 11) is 2.89. The van der Waals surface area contributed by atoms with Gasteiger partial charge in [0.05, 0.1) is 55.6 Å². The van der Waals surface area contributed by atoms with Gasteiger partial charge < -0.3 is 39.8 Å². The number of aliphatic hydroxyl groups is 2. The second-order valence-corrected chi connectivity index (χ2v) is 27.2. The number of hydrogen-bond donors (Lipinski definition) is 7. The SMILES string of the molecule is COC(=O)NC(CN1CCC[C@H]1C1=NC[C@H]([C@@H]2C=C(F)[C@H]3C(C2)OC(C2=CC[C@H](C4CC4)S2)N2C3C[C@@H]3CC([C@@H]4CN[C@H](C(C)[C@@]5(C)CCCN5[C@H](O)[C@@H](N[C@H](O)OC)C(C)C)N4)=CC[C@@H]32)N1)C1CCOC(C)(C)C1. The average molecular weight is 1070 g/mol. The van der Waals surface area contributed by atoms with Crippen LogP contribution in [-0.4, -0.2) is 180 Å². The number of ether oxygens (including phenoxy) is 4. The summed E-state index contributed by atoms with van der Waals surface area (Å²) in [6.45, 7) is 17.6. The number of hydrogen-bond acceptors (Lipinski definition) is 16. The number of nitrogens with zero attached hydrogens (tertiary/aromatic N) is 4. The van der Waals surface area contributed by atoms with E-state index in [0.29, 0.717) is 36.9 Å². The number of fused-ring (bicyclic) bond motifs is 5. The number of amides is 1. The number of carbonyl (C=O) groups excluding carboxylic acids is 1. The summed E-state index contributed by atoms with van der Waals surface area (Å²) < 4.78 is 41.0. The van der Waals surface area contributed by atoms with Crippen LogP contribution in [0.3, 0.4) is 0 Å². The van der Waals surface area contributed by atoms with Crippen LogP contribution in [0.25, 0.3) is 0 Å². The van der Waals surface area contributed by atoms with E-state index in [-0.39, 0.29) is 101 Å². The zero-order valence-electron chi connectivity index (χ0n) is 46.2. The van der Waals surface area contributed by atoms with Gasteiger partial charge in [0.1, 0.15) is 24.1 Å². The molecule has 19 atom stereocenters. The number of likely N-dealkylation sites (tertiary alicyclic amines) is 2. The Balaban J connectivity index is 0.758. The molecule has 6 unspecified atom stereocenters. The van der Waals surface area contributed by atoms with Gasteiger partial charge in [-0.1, -0.05) is 38.5 Å². The highest BCUT2D eigenvalue weighted by Crippen LogP contribution is 2.56. The van der Waals surface area contributed by atoms with E-state index in [1.807, 2.05) is 6.08 Å². The van der Waals surface area contributed by atoms with Crippen LogP contribution >= 0.6 is 11.8 Å². The average Bonchev–Trinajstić information content (AvgIpc) is 4.14. The molecule has 0 aromatic rings. The van der Waals surface area contributed by atoms with Crippen LogP contribution in [-0.2, 0) is 18.9 Å². The third-order valence-electron chi connectivity index (χ3n) is 20.5. The van der Waals surface area contributed by atoms with E-state index in [4.69, 9.17) is 23.9 Å². The lowest BCUT2D eigenvalue weighted by Crippen LogP contribution is -2.63. The van der Waals surface area contributed by atoms with Crippen molar-refractivity contribution in [2.45, 2.75) is 215 Å². The molecule has 3 aliphatic carbocycles. The highest BCUT2D eigenvalue weighted by atomic mass is 32.2. The molecular formula is C57H92FN9O7S. The largest absolute Gasteiger partial charge is 0.453 e. The van der Waals surface area contributed by atoms with Gasteiger partial charge in [-0.15, -0.1) is 11.8 Å². The van der Waals surface area contributed by atoms with Gasteiger partial charge in [0.15, 0.2) is 0 Å². The normalized spacial score (nSPS) is 41.1. The number of amidine groups is 1. The Hall–Kier alpha value is -2.20. The summed E-state index contributed by atoms with van der Waals surface area (Å²) in [4.78, 5) is 26.6. The summed E-state index contributed by atoms with van der Waals surface area (Å²) in [6.07, 6.45) is 17.6. The van der Waals surface area contributed by atoms with E-state index >= 15 is 4.39 Å². The van der Waals surface area contributed by atoms with Crippen molar-refractivity contribution in [3.05, 3.63) is 34.5 Å². The van der Waals surface area contributed by atoms with Gasteiger partial charge in [-0.05, 0) is 141 Å². The molecule has 0 bridgehead atoms. The molecule has 6 saturated heterocycles. The second-order valence-electron chi connectivity index (χ2n) is 25.9. The minimum absolute atomic E-state index is 0.000840. The number of carbonyl (C=O) groups is 1. The van der Waals surface area contributed by atoms with Crippen molar-refractivity contribution in [2.75, 3.05) is 53.6 Å². The van der Waals surface area contributed by atoms with Crippen LogP contribution in [0.4, 0.5) is 9.18 Å². The fraction of sp³-hybridized carbons (Fsp3) is 0.860. The van der Waals surface area contributed by atoms with E-state index in [0.717, 1.165) is 102 Å². The summed E-state index contributed by atoms with van der Waals surface area (Å²) in [6, 6.07) is 0.275. The van der Waals surface area contributed by atoms with Crippen LogP contribution in [0, 0.1) is 41.4 Å². The van der Waals surface area contributed by atoms with Crippen LogP contribution in [0.15, 0.2) is 39.5 Å². The number of methoxy groups -OCH3 is 2. The van der Waals surface area contributed by atoms with Crippen molar-refractivity contribution in [1.82, 2.24) is 41.3 Å². The minimum Gasteiger partial charge on any atom is -0.453 e. The third-order valence-corrected chi connectivity index (χ3v) is 22.0. The minimum atomic E-state index is -1.15. The first-order valence-corrected chi connectivity index (χ1v) is 30.2. The molecule has 0 radical (unpaired) electrons. The van der Waals surface area contributed by atoms with Crippen LogP contribution in [0.5, 0.6) is 0 Å². The van der Waals surface area contributed by atoms with Crippen molar-refractivity contribution in [3.8, 4) is 0 Å². The Morgan fingerprint density at radius 2 is 1.87 bits per heavy atom. The van der Waals surface area contributed by atoms with Gasteiger partial charge in [0.25, 0.3) is 0 Å². The van der Waals surface area contributed by atoms with E-state index < -0.39 is 18.7 Å². The number of aliphatic imine (C=N–C) groups is 1. The van der Waals surface area contributed by atoms with E-state index in [2.05, 4.69) is 107 Å². The van der Waals surface area contributed by atoms with Gasteiger partial charge in [-0.25, -0.2) is 9.18 Å². The van der Waals surface area contributed by atoms with Gasteiger partial charge in [-0.3, -0.25) is 35.6 Å². The van der Waals surface area contributed by atoms with E-state index in [1.54, 1.807) is 0 Å². The molecule has 11 aliphatic rings. The van der Waals surface area contributed by atoms with Crippen molar-refractivity contribution in [2.24, 2.45) is 46.4 Å². The lowest BCUT2D eigenvalue weighted by Gasteiger charge is -2.51. The zero-order valence-corrected chi connectivity index (χ0v) is 47.0. The summed E-state index contributed by atoms with van der Waals surface area (Å²) >= 11 is 2.06. The fourth-order valence-electron chi connectivity index (χ4n) is 16.1. The smallest absolute Gasteiger partial charge is 0.407 e. The highest BCUT2D eigenvalue weighted by Gasteiger charge is 2.59. The van der Waals surface area contributed by atoms with Gasteiger partial charge in [-0.2, -0.15) is 0 Å². The molecule has 18 heteroatoms. The predicted octanol–water partition coefficient (Wildman–Crippen LogP) is 5.78. The molecule has 1 amide bonds. The fourth-order valence-corrected chi connectivity index (χ4v) is 17.6. The van der Waals surface area contributed by atoms with E-state index in [9.17, 15) is 15.0 Å². The maximum absolute atomic E-state index is 17.4. The third kappa shape index (κ3) is 11.1. The van der Waals surface area contributed by atoms with Crippen LogP contribution in [0.1, 0.15) is 125 Å². The Kier molecular flexibility index (Phi) is 16.3. The first-order chi connectivity index (χ1) is 36.0. The molecule has 0 spiro atoms. The monoisotopic (exact) mass is 1070 g/mol. The molecule has 7 N–H and O–H groups in total. The highest BCUT2D eigenvalue weighted by molar-refractivity contribution is 8.04. The van der Waals surface area contributed by atoms with Crippen molar-refractivity contribution >= 4 is 23.7 Å². The number of alkyl carbamates (subject to hydrolysis) is 1. The van der Waals surface area contributed by atoms with Crippen molar-refractivity contribution < 1.29 is 38.3 Å². The molecule has 0 aromatic carbocycles. The second kappa shape index (κ2) is 22.4. The standard InChI is InChI=1S/C57H92FN9O7S/c1-31(2)49(64-55(70)72-8)52(68)66-21-10-19-57(66,6)32(3)50-59-28-39(61-50)34-14-15-42-37(23-34)25-44-48-38(58)24-36(26-45(48)74-53(67(42)44)47-17-16-46(75-47)33-12-13-33)40-29-60-51(62-40)43-11-9-20-65(43)30-41(63-54(69)71-7)35-18-22-73-56(4,5)27-35/h14,17,24,31-33,35-37,39-46,48-50,52-53,55,59,61,64,68,70H,9-13,15-16,18-23,25-30H2,1-8H3,(H,60,62)(H,63,69)/t32?,35?,36-,37+,39+,40-,41?,42+,43+,44?,45?,46-,48-,49+,50+,52-,53?,55-,57-/m1/s1. The van der Waals surface area contributed by atoms with Gasteiger partial charge in [0, 0.05) is 85.0 Å². The van der Waals surface area contributed by atoms with Crippen LogP contribution in [0.2, 0.25) is 0 Å². The predicted molar refractivity (Wildman–Crippen MR) is 290 cm³/mol. The first kappa shape index (κ1) is 54.7. The number of rotatable bonds is 17. The topological polar surface area (TPSA) is 177 Å². The number of halogens is 1. The quantitative estimate of drug-likeness (QED) is 0.0690. The van der Waals surface area contributed by atoms with Crippen molar-refractivity contribution in [1.29, 1.82) is 0 Å². The number of allylic oxidation sites excluding steroid dienone is 1. The molecule has 11 rings (SSSR count). The first-order valence-electron chi connectivity index (χ1n) is 29.3. The number of aliphatic hydroxyl groups excluding tert-OH is 2. The summed E-state index contributed by atoms with van der Waals surface area (Å²) in [5.74, 6) is 2.43. The summed E-state index contributed by atoms with van der Waals surface area (Å²) in [5, 5.41) is 40.9. The molecule has 420 valence electrons. The molecule has 8 aliphatic heterocycles. The lowest BCUT2D eigenvalue weighted by atomic mass is 9.75. The maximum Gasteiger partial charge on any atom is 0.407 e. The molecule has 1 saturated carbocycles. The molecule has 7 fully saturated rings. The lowest BCUT2D eigenvalue weighted by molar-refractivity contribution is -0.176. The molecule has 0 aromatic heterocycles. The molecule has 75 heavy (non-hydrogen) atoms. The summed E-state index contributed by atoms with van der Waals surface area (Å²) in [5.41, 5.74) is 0.958. The van der Waals surface area contributed by atoms with Crippen LogP contribution < -0.4 is 26.6 Å². The van der Waals surface area contributed by atoms with Crippen molar-refractivity contribution in [3.63, 3.8) is 0 Å². The molecule has 8 heterocycles. The Morgan fingerprint density at radius 3 is 2.63 bits per heavy atom. The van der Waals surface area contributed by atoms with E-state index in [1.165, 1.54) is 37.5 Å². The number of thioether (sulfide) groups is 1. The number of nitrogens with one attached hydrogen (secondary N) is 5. The van der Waals surface area contributed by atoms with Gasteiger partial charge >= 0.3 is 6.09 Å². The Morgan fingerprint density at radius 1 is 1.04 bits per heavy atom. The van der Waals surface area contributed by atoms with Gasteiger partial charge in [0.2, 0.25) is 6.41 Å². The molecule has 16 nitrogen and oxygen atoms in total. The maximum atomic E-state index is 17.4. The Bertz CT molecular complexity index is 2180. The molecular weight excluding hydrogens is 974 g/mol. The zero-order chi connectivity index (χ0) is 52.5. The Labute approximate surface area is 450 Å².